The Morgan fingerprint density at radius 3 is 2.46 bits per heavy atom. The van der Waals surface area contributed by atoms with Crippen molar-refractivity contribution in [2.75, 3.05) is 16.8 Å². The number of aromatic nitrogens is 3. The van der Waals surface area contributed by atoms with Crippen molar-refractivity contribution >= 4 is 34.4 Å². The summed E-state index contributed by atoms with van der Waals surface area (Å²) in [6.45, 7) is 5.54. The van der Waals surface area contributed by atoms with E-state index in [9.17, 15) is 27.9 Å². The molecule has 0 radical (unpaired) electrons. The number of pyridine rings is 2. The second kappa shape index (κ2) is 10.2. The molecule has 0 aliphatic carbocycles. The van der Waals surface area contributed by atoms with E-state index in [1.54, 1.807) is 52.2 Å². The van der Waals surface area contributed by atoms with Crippen LogP contribution in [0.15, 0.2) is 36.9 Å². The van der Waals surface area contributed by atoms with Gasteiger partial charge in [0.25, 0.3) is 0 Å². The Morgan fingerprint density at radius 2 is 1.86 bits per heavy atom. The fraction of sp³-hybridized carbons (Fsp3) is 0.391. The molecule has 0 saturated carbocycles. The molecule has 0 fully saturated rings. The van der Waals surface area contributed by atoms with E-state index in [1.165, 1.54) is 17.3 Å². The third kappa shape index (κ3) is 6.19. The molecule has 1 atom stereocenters. The number of aromatic amines is 1. The molecule has 3 aromatic rings. The van der Waals surface area contributed by atoms with Crippen molar-refractivity contribution in [3.8, 4) is 11.1 Å². The van der Waals surface area contributed by atoms with Gasteiger partial charge in [-0.3, -0.25) is 14.7 Å². The number of hydrogen-bond acceptors (Lipinski definition) is 5. The average Bonchev–Trinajstić information content (AvgIpc) is 3.18. The van der Waals surface area contributed by atoms with Crippen molar-refractivity contribution in [3.63, 3.8) is 0 Å². The quantitative estimate of drug-likeness (QED) is 0.364. The van der Waals surface area contributed by atoms with E-state index in [4.69, 9.17) is 0 Å². The summed E-state index contributed by atoms with van der Waals surface area (Å²) in [5.41, 5.74) is 2.73. The van der Waals surface area contributed by atoms with Crippen LogP contribution in [0.2, 0.25) is 0 Å². The van der Waals surface area contributed by atoms with Gasteiger partial charge in [0.1, 0.15) is 18.2 Å². The Kier molecular flexibility index (Phi) is 7.51. The summed E-state index contributed by atoms with van der Waals surface area (Å²) in [6, 6.07) is 2.20. The lowest BCUT2D eigenvalue weighted by molar-refractivity contribution is -0.139. The van der Waals surface area contributed by atoms with Crippen LogP contribution in [0.5, 0.6) is 0 Å². The summed E-state index contributed by atoms with van der Waals surface area (Å²) in [5.74, 6) is -1.07. The highest BCUT2D eigenvalue weighted by atomic mass is 19.4. The average molecular weight is 493 g/mol. The van der Waals surface area contributed by atoms with Gasteiger partial charge in [0.15, 0.2) is 0 Å². The molecule has 0 saturated heterocycles. The van der Waals surface area contributed by atoms with Crippen LogP contribution in [-0.4, -0.2) is 56.9 Å². The normalized spacial score (nSPS) is 12.7. The van der Waals surface area contributed by atoms with Gasteiger partial charge in [-0.15, -0.1) is 0 Å². The Morgan fingerprint density at radius 1 is 1.14 bits per heavy atom. The molecule has 0 bridgehead atoms. The zero-order valence-corrected chi connectivity index (χ0v) is 19.6. The van der Waals surface area contributed by atoms with Crippen molar-refractivity contribution in [2.24, 2.45) is 5.92 Å². The van der Waals surface area contributed by atoms with E-state index < -0.39 is 30.8 Å². The van der Waals surface area contributed by atoms with Crippen LogP contribution in [0, 0.1) is 5.92 Å². The molecule has 3 rings (SSSR count). The van der Waals surface area contributed by atoms with Crippen LogP contribution in [0.4, 0.5) is 29.3 Å². The minimum Gasteiger partial charge on any atom is -0.465 e. The monoisotopic (exact) mass is 492 g/mol. The van der Waals surface area contributed by atoms with Gasteiger partial charge < -0.3 is 20.7 Å². The summed E-state index contributed by atoms with van der Waals surface area (Å²) >= 11 is 0. The molecule has 9 nitrogen and oxygen atoms in total. The van der Waals surface area contributed by atoms with E-state index >= 15 is 0 Å². The van der Waals surface area contributed by atoms with E-state index in [-0.39, 0.29) is 12.0 Å². The highest BCUT2D eigenvalue weighted by Gasteiger charge is 2.30. The summed E-state index contributed by atoms with van der Waals surface area (Å²) in [4.78, 5) is 36.9. The van der Waals surface area contributed by atoms with Crippen LogP contribution in [0.3, 0.4) is 0 Å². The lowest BCUT2D eigenvalue weighted by Crippen LogP contribution is -2.46. The number of alkyl halides is 3. The molecule has 188 valence electrons. The molecule has 3 aromatic heterocycles. The molecule has 1 unspecified atom stereocenters. The van der Waals surface area contributed by atoms with E-state index in [1.807, 2.05) is 5.32 Å². The fourth-order valence-corrected chi connectivity index (χ4v) is 3.67. The topological polar surface area (TPSA) is 123 Å². The van der Waals surface area contributed by atoms with Crippen LogP contribution in [0.25, 0.3) is 22.2 Å². The molecular formula is C23H27F3N6O3. The minimum absolute atomic E-state index is 0.301. The Hall–Kier alpha value is -3.83. The first kappa shape index (κ1) is 25.8. The highest BCUT2D eigenvalue weighted by Crippen LogP contribution is 2.32. The van der Waals surface area contributed by atoms with Crippen LogP contribution >= 0.6 is 0 Å². The first-order valence-electron chi connectivity index (χ1n) is 10.9. The molecular weight excluding hydrogens is 465 g/mol. The number of hydrogen-bond donors (Lipinski definition) is 4. The van der Waals surface area contributed by atoms with E-state index in [0.717, 1.165) is 0 Å². The smallest absolute Gasteiger partial charge is 0.412 e. The van der Waals surface area contributed by atoms with Crippen LogP contribution in [-0.2, 0) is 4.79 Å². The minimum atomic E-state index is -4.51. The fourth-order valence-electron chi connectivity index (χ4n) is 3.67. The van der Waals surface area contributed by atoms with Gasteiger partial charge in [-0.05, 0) is 31.9 Å². The largest absolute Gasteiger partial charge is 0.465 e. The van der Waals surface area contributed by atoms with Gasteiger partial charge in [-0.2, -0.15) is 13.2 Å². The summed E-state index contributed by atoms with van der Waals surface area (Å²) < 4.78 is 37.6. The lowest BCUT2D eigenvalue weighted by atomic mass is 10.0. The number of carbonyl (C=O) groups is 2. The molecule has 35 heavy (non-hydrogen) atoms. The number of halogens is 3. The predicted molar refractivity (Wildman–Crippen MR) is 126 cm³/mol. The Balaban J connectivity index is 1.91. The van der Waals surface area contributed by atoms with Crippen molar-refractivity contribution in [1.29, 1.82) is 0 Å². The Labute approximate surface area is 199 Å². The Bertz CT molecular complexity index is 1210. The number of nitrogens with zero attached hydrogens (tertiary/aromatic N) is 3. The first-order valence-corrected chi connectivity index (χ1v) is 10.9. The van der Waals surface area contributed by atoms with Crippen molar-refractivity contribution in [3.05, 3.63) is 36.9 Å². The van der Waals surface area contributed by atoms with Crippen molar-refractivity contribution in [2.45, 2.75) is 46.0 Å². The van der Waals surface area contributed by atoms with Gasteiger partial charge >= 0.3 is 12.3 Å². The summed E-state index contributed by atoms with van der Waals surface area (Å²) in [7, 11) is 0. The number of carbonyl (C=O) groups excluding carboxylic acids is 1. The molecule has 4 N–H and O–H groups in total. The predicted octanol–water partition coefficient (Wildman–Crippen LogP) is 4.63. The van der Waals surface area contributed by atoms with Gasteiger partial charge in [0, 0.05) is 41.1 Å². The maximum absolute atomic E-state index is 12.5. The number of anilines is 2. The van der Waals surface area contributed by atoms with Crippen molar-refractivity contribution in [1.82, 2.24) is 20.3 Å². The molecule has 0 aromatic carbocycles. The zero-order valence-electron chi connectivity index (χ0n) is 19.6. The standard InChI is InChI=1S/C23H27F3N6O3/c1-12(2)19(21(33)30-11-23(24,25)26)31-15-5-14(7-27-8-15)18-10-29-20-17(18)6-16(9-28-20)32(13(3)4)22(34)35/h5-10,12-13,19,31H,11H2,1-4H3,(H,28,29)(H,30,33)(H,34,35). The summed E-state index contributed by atoms with van der Waals surface area (Å²) in [5, 5.41) is 15.1. The molecule has 0 spiro atoms. The molecule has 2 amide bonds. The highest BCUT2D eigenvalue weighted by molar-refractivity contribution is 5.97. The van der Waals surface area contributed by atoms with Crippen LogP contribution in [0.1, 0.15) is 27.7 Å². The van der Waals surface area contributed by atoms with Gasteiger partial charge in [0.05, 0.1) is 17.6 Å². The SMILES string of the molecule is CC(C)C(Nc1cncc(-c2c[nH]c3ncc(N(C(=O)O)C(C)C)cc23)c1)C(=O)NCC(F)(F)F. The number of amides is 2. The molecule has 3 heterocycles. The number of fused-ring (bicyclic) bond motifs is 1. The third-order valence-corrected chi connectivity index (χ3v) is 5.30. The zero-order chi connectivity index (χ0) is 25.9. The van der Waals surface area contributed by atoms with Crippen molar-refractivity contribution < 1.29 is 27.9 Å². The second-order valence-corrected chi connectivity index (χ2v) is 8.70. The maximum Gasteiger partial charge on any atom is 0.412 e. The van der Waals surface area contributed by atoms with E-state index in [0.29, 0.717) is 33.5 Å². The number of H-pyrrole nitrogens is 1. The molecule has 0 aliphatic heterocycles. The second-order valence-electron chi connectivity index (χ2n) is 8.70. The number of nitrogens with one attached hydrogen (secondary N) is 3. The molecule has 12 heteroatoms. The van der Waals surface area contributed by atoms with Gasteiger partial charge in [-0.1, -0.05) is 13.8 Å². The number of carboxylic acid groups (broad SMARTS) is 1. The first-order chi connectivity index (χ1) is 16.4. The maximum atomic E-state index is 12.5. The van der Waals surface area contributed by atoms with Crippen LogP contribution < -0.4 is 15.5 Å². The third-order valence-electron chi connectivity index (χ3n) is 5.30. The lowest BCUT2D eigenvalue weighted by Gasteiger charge is -2.23. The van der Waals surface area contributed by atoms with Gasteiger partial charge in [-0.25, -0.2) is 9.78 Å². The molecule has 0 aliphatic rings. The van der Waals surface area contributed by atoms with Gasteiger partial charge in [0.2, 0.25) is 5.91 Å². The summed E-state index contributed by atoms with van der Waals surface area (Å²) in [6.07, 6.45) is 0.630. The number of rotatable bonds is 8. The van der Waals surface area contributed by atoms with E-state index in [2.05, 4.69) is 20.3 Å².